The summed E-state index contributed by atoms with van der Waals surface area (Å²) in [6.45, 7) is 5.55. The van der Waals surface area contributed by atoms with Crippen LogP contribution in [0.15, 0.2) is 224 Å². The number of hydrogen-bond donors (Lipinski definition) is 1. The molecule has 12 aromatic rings. The lowest BCUT2D eigenvalue weighted by Gasteiger charge is -2.45. The molecule has 0 unspecified atom stereocenters. The van der Waals surface area contributed by atoms with Gasteiger partial charge in [0.2, 0.25) is 5.91 Å². The number of carbonyl (C=O) groups excluding carboxylic acids is 5. The van der Waals surface area contributed by atoms with Crippen molar-refractivity contribution in [2.75, 3.05) is 65.7 Å². The second-order valence-corrected chi connectivity index (χ2v) is 38.2. The summed E-state index contributed by atoms with van der Waals surface area (Å²) < 4.78 is 129. The number of carbonyl (C=O) groups is 5. The maximum atomic E-state index is 13.4. The molecule has 4 aromatic heterocycles. The number of rotatable bonds is 15. The summed E-state index contributed by atoms with van der Waals surface area (Å²) >= 11 is 12.4. The molecule has 32 heteroatoms. The number of halogens is 6. The average Bonchev–Trinajstić information content (AvgIpc) is 1.76. The van der Waals surface area contributed by atoms with E-state index in [0.29, 0.717) is 117 Å². The first kappa shape index (κ1) is 91.3. The van der Waals surface area contributed by atoms with Crippen LogP contribution in [-0.4, -0.2) is 166 Å². The summed E-state index contributed by atoms with van der Waals surface area (Å²) in [6, 6.07) is 60.3. The molecule has 8 aliphatic heterocycles. The van der Waals surface area contributed by atoms with Crippen LogP contribution >= 0.6 is 23.2 Å². The molecule has 134 heavy (non-hydrogen) atoms. The molecule has 21 rings (SSSR count). The Morgan fingerprint density at radius 1 is 0.515 bits per heavy atom. The molecule has 5 fully saturated rings. The molecule has 5 amide bonds. The van der Waals surface area contributed by atoms with E-state index in [0.717, 1.165) is 134 Å². The predicted octanol–water partition coefficient (Wildman–Crippen LogP) is 19.4. The van der Waals surface area contributed by atoms with Gasteiger partial charge >= 0.3 is 13.2 Å². The number of hydrogen-bond acceptors (Lipinski definition) is 16. The highest BCUT2D eigenvalue weighted by Gasteiger charge is 2.51. The van der Waals surface area contributed by atoms with Gasteiger partial charge in [0.05, 0.1) is 76.3 Å². The number of aryl methyl sites for hydroxylation is 2. The van der Waals surface area contributed by atoms with Crippen LogP contribution < -0.4 is 43.2 Å². The molecule has 1 aliphatic carbocycles. The number of piperidine rings is 4. The van der Waals surface area contributed by atoms with Gasteiger partial charge in [-0.25, -0.2) is 8.42 Å². The normalized spacial score (nSPS) is 16.8. The third-order valence-electron chi connectivity index (χ3n) is 26.5. The van der Waals surface area contributed by atoms with Crippen molar-refractivity contribution in [3.8, 4) is 74.3 Å². The summed E-state index contributed by atoms with van der Waals surface area (Å²) in [5, 5.41) is 8.61. The van der Waals surface area contributed by atoms with Gasteiger partial charge < -0.3 is 76.5 Å². The van der Waals surface area contributed by atoms with Crippen molar-refractivity contribution < 1.29 is 89.3 Å². The molecule has 8 aromatic carbocycles. The van der Waals surface area contributed by atoms with Gasteiger partial charge in [0.15, 0.2) is 26.6 Å². The molecule has 4 saturated heterocycles. The zero-order valence-electron chi connectivity index (χ0n) is 74.9. The Kier molecular flexibility index (Phi) is 25.2. The van der Waals surface area contributed by atoms with Gasteiger partial charge in [-0.2, -0.15) is 22.7 Å². The molecule has 0 atom stereocenters. The molecule has 0 radical (unpaired) electrons. The molecule has 9 aliphatic rings. The van der Waals surface area contributed by atoms with Crippen LogP contribution in [0.3, 0.4) is 0 Å². The Labute approximate surface area is 784 Å². The minimum Gasteiger partial charge on any atom is -0.496 e. The Hall–Kier alpha value is -13.2. The van der Waals surface area contributed by atoms with Crippen LogP contribution in [0.2, 0.25) is 10.0 Å². The Morgan fingerprint density at radius 2 is 1.04 bits per heavy atom. The predicted molar refractivity (Wildman–Crippen MR) is 497 cm³/mol. The standard InChI is InChI=1S/C29H33N3O4.C26H25ClN2O3.C24H21F4N3O4.C23H21ClN2O4S.H2/c1-19(2)35-25-11-9-22(17-20(25)3)28(34)31-15-13-29(14-16-31)27-12-10-23(18-30-21(4)33)32(27)24-7-5-6-8-26(24)36-29;1-31-22-15-18(6-8-20(22)17-4-5-17)25(30)28-13-10-26(11-14-28)24-3-2-12-29(24)21-9-7-19(27)16-23(21)32-26;1-30-20-15-4-2-3-5-18(15)35-24(17(20)13-29-30)8-10-31(11-9-24)21(32)16-7-6-14(33-22(25)26)12-19(16)34-23(27)28;1-31(28,29)18-5-2-4-16(14-18)22(27)25-12-9-23(10-13-25)21-6-3-11-26(21)19-8-7-17(24)15-20(19)30-23;/h5-12,17,19H,13-16,18H2,1-4H3,(H,30,33);2-3,6-9,12,15-17H,4-5,10-11,13-14H2,1H3;2-7,12-13,22-23H,8-11H2,1H3;2-8,11,14-15H,9-10,12-13H2,1H3;1H. The number of alkyl halides is 4. The van der Waals surface area contributed by atoms with Crippen LogP contribution in [-0.2, 0) is 50.6 Å². The van der Waals surface area contributed by atoms with E-state index in [1.807, 2.05) is 165 Å². The fraction of sp³-hybridized carbons (Fsp3) is 0.333. The van der Waals surface area contributed by atoms with E-state index in [1.165, 1.54) is 42.4 Å². The molecule has 1 N–H and O–H groups in total. The molecule has 12 heterocycles. The summed E-state index contributed by atoms with van der Waals surface area (Å²) in [4.78, 5) is 71.7. The highest BCUT2D eigenvalue weighted by atomic mass is 35.5. The molecule has 4 spiro atoms. The number of ether oxygens (including phenoxy) is 8. The highest BCUT2D eigenvalue weighted by molar-refractivity contribution is 7.90. The fourth-order valence-electron chi connectivity index (χ4n) is 19.7. The SMILES string of the molecule is CC(=O)NCc1ccc2n1-c1ccccc1OC21CCN(C(=O)c2ccc(OC(C)C)c(C)c2)CC1.COc1cc(C(=O)N2CCC3(CC2)Oc2cc(Cl)ccc2-n2cccc23)ccc1C1CC1.CS(=O)(=O)c1cccc(C(=O)N2CCC3(CC2)Oc2cc(Cl)ccc2-n2cccc23)c1.Cn1ncc2c1-c1ccccc1OC21CCN(C(=O)c2ccc(OC(F)F)cc2OC(F)F)CC1.[HH]. The van der Waals surface area contributed by atoms with Crippen LogP contribution in [0.25, 0.3) is 28.3 Å². The van der Waals surface area contributed by atoms with Crippen molar-refractivity contribution in [1.82, 2.24) is 48.4 Å². The zero-order chi connectivity index (χ0) is 93.9. The largest absolute Gasteiger partial charge is 0.496 e. The molecule has 25 nitrogen and oxygen atoms in total. The number of likely N-dealkylation sites (tertiary alicyclic amines) is 4. The number of benzene rings is 8. The average molecular weight is 1890 g/mol. The number of methoxy groups -OCH3 is 1. The molecule has 0 bridgehead atoms. The first-order valence-electron chi connectivity index (χ1n) is 44.7. The molecule has 698 valence electrons. The quantitative estimate of drug-likeness (QED) is 0.0937. The van der Waals surface area contributed by atoms with E-state index >= 15 is 0 Å². The van der Waals surface area contributed by atoms with Crippen molar-refractivity contribution >= 4 is 62.6 Å². The second kappa shape index (κ2) is 37.0. The lowest BCUT2D eigenvalue weighted by Crippen LogP contribution is -2.50. The van der Waals surface area contributed by atoms with E-state index in [1.54, 1.807) is 35.0 Å². The lowest BCUT2D eigenvalue weighted by molar-refractivity contribution is -0.119. The number of sulfone groups is 1. The number of nitrogens with one attached hydrogen (secondary N) is 1. The van der Waals surface area contributed by atoms with Crippen LogP contribution in [0.5, 0.6) is 46.0 Å². The lowest BCUT2D eigenvalue weighted by atomic mass is 9.81. The minimum absolute atomic E-state index is 0. The summed E-state index contributed by atoms with van der Waals surface area (Å²) in [7, 11) is 0.166. The topological polar surface area (TPSA) is 251 Å². The van der Waals surface area contributed by atoms with E-state index in [9.17, 15) is 50.0 Å². The monoisotopic (exact) mass is 1880 g/mol. The maximum absolute atomic E-state index is 13.4. The summed E-state index contributed by atoms with van der Waals surface area (Å²) in [5.74, 6) is 3.67. The minimum atomic E-state index is -3.38. The molecular formula is C102H102Cl2F4N10O15S. The van der Waals surface area contributed by atoms with Crippen LogP contribution in [0.1, 0.15) is 173 Å². The Balaban J connectivity index is 0.000000125. The Bertz CT molecular complexity index is 6640. The van der Waals surface area contributed by atoms with E-state index in [-0.39, 0.29) is 60.5 Å². The van der Waals surface area contributed by atoms with E-state index in [2.05, 4.69) is 76.2 Å². The smallest absolute Gasteiger partial charge is 0.387 e. The van der Waals surface area contributed by atoms with Crippen LogP contribution in [0.4, 0.5) is 17.6 Å². The first-order valence-corrected chi connectivity index (χ1v) is 47.4. The number of aromatic nitrogens is 5. The molecule has 1 saturated carbocycles. The number of para-hydroxylation sites is 3. The highest BCUT2D eigenvalue weighted by Crippen LogP contribution is 2.53. The maximum Gasteiger partial charge on any atom is 0.387 e. The van der Waals surface area contributed by atoms with Crippen molar-refractivity contribution in [3.05, 3.63) is 291 Å². The van der Waals surface area contributed by atoms with Crippen molar-refractivity contribution in [3.63, 3.8) is 0 Å². The van der Waals surface area contributed by atoms with Crippen molar-refractivity contribution in [2.24, 2.45) is 7.05 Å². The van der Waals surface area contributed by atoms with Gasteiger partial charge in [-0.15, -0.1) is 0 Å². The van der Waals surface area contributed by atoms with Gasteiger partial charge in [-0.05, 0) is 196 Å². The summed E-state index contributed by atoms with van der Waals surface area (Å²) in [6.07, 6.45) is 14.5. The van der Waals surface area contributed by atoms with Gasteiger partial charge in [0.25, 0.3) is 23.6 Å². The van der Waals surface area contributed by atoms with Crippen LogP contribution in [0, 0.1) is 6.92 Å². The molecular weight excluding hydrogens is 1780 g/mol. The Morgan fingerprint density at radius 3 is 1.59 bits per heavy atom. The third-order valence-corrected chi connectivity index (χ3v) is 28.1. The number of amides is 5. The van der Waals surface area contributed by atoms with Gasteiger partial charge in [0, 0.05) is 200 Å². The van der Waals surface area contributed by atoms with Crippen molar-refractivity contribution in [2.45, 2.75) is 151 Å². The number of fused-ring (bicyclic) bond motifs is 16. The van der Waals surface area contributed by atoms with Gasteiger partial charge in [0.1, 0.15) is 51.6 Å². The summed E-state index contributed by atoms with van der Waals surface area (Å²) in [5.41, 5.74) is 11.6. The van der Waals surface area contributed by atoms with Gasteiger partial charge in [-0.3, -0.25) is 28.7 Å². The second-order valence-electron chi connectivity index (χ2n) is 35.3. The van der Waals surface area contributed by atoms with E-state index in [4.69, 9.17) is 51.6 Å². The third kappa shape index (κ3) is 18.1. The van der Waals surface area contributed by atoms with Crippen molar-refractivity contribution in [1.29, 1.82) is 0 Å². The zero-order valence-corrected chi connectivity index (χ0v) is 77.2. The number of nitrogens with zero attached hydrogens (tertiary/aromatic N) is 9. The van der Waals surface area contributed by atoms with Gasteiger partial charge in [-0.1, -0.05) is 59.6 Å². The van der Waals surface area contributed by atoms with E-state index < -0.39 is 57.1 Å². The first-order chi connectivity index (χ1) is 64.4. The fourth-order valence-corrected chi connectivity index (χ4v) is 20.6.